The number of anilines is 1. The molecule has 0 aliphatic rings. The van der Waals surface area contributed by atoms with E-state index in [2.05, 4.69) is 5.32 Å². The average Bonchev–Trinajstić information content (AvgIpc) is 2.62. The number of ether oxygens (including phenoxy) is 3. The number of amides is 1. The molecule has 0 aromatic heterocycles. The predicted octanol–water partition coefficient (Wildman–Crippen LogP) is 3.95. The lowest BCUT2D eigenvalue weighted by Crippen LogP contribution is -2.29. The predicted molar refractivity (Wildman–Crippen MR) is 99.1 cm³/mol. The quantitative estimate of drug-likeness (QED) is 0.715. The Morgan fingerprint density at radius 3 is 2.42 bits per heavy atom. The molecule has 8 heteroatoms. The van der Waals surface area contributed by atoms with Gasteiger partial charge in [0.15, 0.2) is 12.7 Å². The van der Waals surface area contributed by atoms with Crippen molar-refractivity contribution in [3.8, 4) is 11.5 Å². The first kappa shape index (κ1) is 19.9. The van der Waals surface area contributed by atoms with Crippen LogP contribution in [-0.2, 0) is 14.3 Å². The fourth-order valence-electron chi connectivity index (χ4n) is 1.93. The van der Waals surface area contributed by atoms with Crippen molar-refractivity contribution in [3.63, 3.8) is 0 Å². The molecule has 138 valence electrons. The molecule has 0 unspecified atom stereocenters. The van der Waals surface area contributed by atoms with Gasteiger partial charge in [-0.1, -0.05) is 23.2 Å². The van der Waals surface area contributed by atoms with E-state index in [1.807, 2.05) is 0 Å². The van der Waals surface area contributed by atoms with Crippen LogP contribution in [0.5, 0.6) is 11.5 Å². The molecule has 0 spiro atoms. The third-order valence-electron chi connectivity index (χ3n) is 3.25. The number of carbonyl (C=O) groups excluding carboxylic acids is 2. The summed E-state index contributed by atoms with van der Waals surface area (Å²) in [4.78, 5) is 23.8. The molecule has 1 atom stereocenters. The number of carbonyl (C=O) groups is 2. The van der Waals surface area contributed by atoms with Crippen LogP contribution in [0.3, 0.4) is 0 Å². The van der Waals surface area contributed by atoms with E-state index >= 15 is 0 Å². The van der Waals surface area contributed by atoms with E-state index in [4.69, 9.17) is 37.4 Å². The highest BCUT2D eigenvalue weighted by molar-refractivity contribution is 6.35. The third kappa shape index (κ3) is 5.82. The Morgan fingerprint density at radius 1 is 1.12 bits per heavy atom. The number of rotatable bonds is 7. The fraction of sp³-hybridized carbons (Fsp3) is 0.222. The molecule has 0 fully saturated rings. The topological polar surface area (TPSA) is 73.9 Å². The van der Waals surface area contributed by atoms with Crippen LogP contribution < -0.4 is 14.8 Å². The summed E-state index contributed by atoms with van der Waals surface area (Å²) in [6, 6.07) is 11.4. The van der Waals surface area contributed by atoms with Crippen molar-refractivity contribution < 1.29 is 23.8 Å². The minimum Gasteiger partial charge on any atom is -0.497 e. The first-order valence-electron chi connectivity index (χ1n) is 7.61. The minimum absolute atomic E-state index is 0.273. The lowest BCUT2D eigenvalue weighted by molar-refractivity contribution is -0.153. The molecule has 1 N–H and O–H groups in total. The number of hydrogen-bond acceptors (Lipinski definition) is 5. The Bertz CT molecular complexity index is 780. The van der Waals surface area contributed by atoms with Crippen LogP contribution in [0.1, 0.15) is 6.92 Å². The highest BCUT2D eigenvalue weighted by Crippen LogP contribution is 2.28. The Morgan fingerprint density at radius 2 is 1.81 bits per heavy atom. The van der Waals surface area contributed by atoms with Crippen molar-refractivity contribution in [2.45, 2.75) is 13.0 Å². The van der Waals surface area contributed by atoms with Gasteiger partial charge in [-0.05, 0) is 49.4 Å². The molecule has 2 rings (SSSR count). The minimum atomic E-state index is -0.942. The van der Waals surface area contributed by atoms with Crippen LogP contribution in [0.15, 0.2) is 42.5 Å². The second-order valence-electron chi connectivity index (χ2n) is 5.22. The number of halogens is 2. The van der Waals surface area contributed by atoms with Crippen LogP contribution in [0.2, 0.25) is 10.0 Å². The molecule has 1 amide bonds. The lowest BCUT2D eigenvalue weighted by atomic mass is 10.3. The summed E-state index contributed by atoms with van der Waals surface area (Å²) in [5.74, 6) is -0.203. The average molecular weight is 398 g/mol. The van der Waals surface area contributed by atoms with E-state index in [1.54, 1.807) is 43.5 Å². The van der Waals surface area contributed by atoms with E-state index in [1.165, 1.54) is 13.0 Å². The van der Waals surface area contributed by atoms with Gasteiger partial charge in [0.1, 0.15) is 11.5 Å². The van der Waals surface area contributed by atoms with E-state index in [0.29, 0.717) is 22.2 Å². The van der Waals surface area contributed by atoms with Crippen molar-refractivity contribution in [3.05, 3.63) is 52.5 Å². The standard InChI is InChI=1S/C18H17Cl2NO5/c1-11(26-16-8-3-12(19)9-15(16)20)18(23)25-10-17(22)21-13-4-6-14(24-2)7-5-13/h3-9,11H,10H2,1-2H3,(H,21,22)/t11-/m1/s1. The molecular weight excluding hydrogens is 381 g/mol. The molecule has 6 nitrogen and oxygen atoms in total. The Labute approximate surface area is 160 Å². The highest BCUT2D eigenvalue weighted by atomic mass is 35.5. The summed E-state index contributed by atoms with van der Waals surface area (Å²) >= 11 is 11.8. The Hall–Kier alpha value is -2.44. The molecule has 2 aromatic carbocycles. The summed E-state index contributed by atoms with van der Waals surface area (Å²) in [5.41, 5.74) is 0.559. The molecular formula is C18H17Cl2NO5. The SMILES string of the molecule is COc1ccc(NC(=O)COC(=O)[C@@H](C)Oc2ccc(Cl)cc2Cl)cc1. The molecule has 0 aliphatic carbocycles. The van der Waals surface area contributed by atoms with E-state index in [-0.39, 0.29) is 5.02 Å². The molecule has 0 saturated carbocycles. The van der Waals surface area contributed by atoms with Crippen molar-refractivity contribution in [1.29, 1.82) is 0 Å². The summed E-state index contributed by atoms with van der Waals surface area (Å²) in [6.45, 7) is 1.06. The third-order valence-corrected chi connectivity index (χ3v) is 3.78. The lowest BCUT2D eigenvalue weighted by Gasteiger charge is -2.15. The molecule has 0 bridgehead atoms. The zero-order valence-electron chi connectivity index (χ0n) is 14.1. The van der Waals surface area contributed by atoms with Gasteiger partial charge in [0.25, 0.3) is 5.91 Å². The van der Waals surface area contributed by atoms with Crippen molar-refractivity contribution in [2.75, 3.05) is 19.0 Å². The zero-order chi connectivity index (χ0) is 19.1. The van der Waals surface area contributed by atoms with Gasteiger partial charge in [-0.3, -0.25) is 4.79 Å². The Balaban J connectivity index is 1.81. The van der Waals surface area contributed by atoms with Crippen LogP contribution in [-0.4, -0.2) is 31.7 Å². The molecule has 0 radical (unpaired) electrons. The summed E-state index contributed by atoms with van der Waals surface area (Å²) < 4.78 is 15.4. The second-order valence-corrected chi connectivity index (χ2v) is 6.06. The molecule has 2 aromatic rings. The van der Waals surface area contributed by atoms with Gasteiger partial charge in [0.2, 0.25) is 0 Å². The number of esters is 1. The van der Waals surface area contributed by atoms with E-state index < -0.39 is 24.6 Å². The Kier molecular flexibility index (Phi) is 7.12. The van der Waals surface area contributed by atoms with Gasteiger partial charge >= 0.3 is 5.97 Å². The highest BCUT2D eigenvalue weighted by Gasteiger charge is 2.19. The van der Waals surface area contributed by atoms with Crippen LogP contribution in [0.25, 0.3) is 0 Å². The van der Waals surface area contributed by atoms with E-state index in [0.717, 1.165) is 0 Å². The number of methoxy groups -OCH3 is 1. The molecule has 0 saturated heterocycles. The van der Waals surface area contributed by atoms with Gasteiger partial charge in [-0.25, -0.2) is 4.79 Å². The summed E-state index contributed by atoms with van der Waals surface area (Å²) in [5, 5.41) is 3.33. The smallest absolute Gasteiger partial charge is 0.347 e. The summed E-state index contributed by atoms with van der Waals surface area (Å²) in [6.07, 6.45) is -0.942. The van der Waals surface area contributed by atoms with Crippen molar-refractivity contribution in [2.24, 2.45) is 0 Å². The first-order chi connectivity index (χ1) is 12.4. The maximum Gasteiger partial charge on any atom is 0.347 e. The second kappa shape index (κ2) is 9.31. The molecule has 26 heavy (non-hydrogen) atoms. The van der Waals surface area contributed by atoms with Crippen LogP contribution in [0, 0.1) is 0 Å². The van der Waals surface area contributed by atoms with Gasteiger partial charge in [-0.15, -0.1) is 0 Å². The fourth-order valence-corrected chi connectivity index (χ4v) is 2.39. The van der Waals surface area contributed by atoms with Gasteiger partial charge in [0, 0.05) is 10.7 Å². The number of nitrogens with one attached hydrogen (secondary N) is 1. The van der Waals surface area contributed by atoms with E-state index in [9.17, 15) is 9.59 Å². The summed E-state index contributed by atoms with van der Waals surface area (Å²) in [7, 11) is 1.55. The van der Waals surface area contributed by atoms with Gasteiger partial charge in [-0.2, -0.15) is 0 Å². The maximum atomic E-state index is 12.0. The van der Waals surface area contributed by atoms with Gasteiger partial charge < -0.3 is 19.5 Å². The maximum absolute atomic E-state index is 12.0. The van der Waals surface area contributed by atoms with Gasteiger partial charge in [0.05, 0.1) is 12.1 Å². The van der Waals surface area contributed by atoms with Crippen molar-refractivity contribution >= 4 is 40.8 Å². The monoisotopic (exact) mass is 397 g/mol. The normalized spacial score (nSPS) is 11.4. The first-order valence-corrected chi connectivity index (χ1v) is 8.37. The number of benzene rings is 2. The van der Waals surface area contributed by atoms with Crippen LogP contribution >= 0.6 is 23.2 Å². The molecule has 0 aliphatic heterocycles. The number of hydrogen-bond donors (Lipinski definition) is 1. The van der Waals surface area contributed by atoms with Crippen LogP contribution in [0.4, 0.5) is 5.69 Å². The largest absolute Gasteiger partial charge is 0.497 e. The van der Waals surface area contributed by atoms with Crippen molar-refractivity contribution in [1.82, 2.24) is 0 Å². The molecule has 0 heterocycles. The zero-order valence-corrected chi connectivity index (χ0v) is 15.6.